The van der Waals surface area contributed by atoms with E-state index in [-0.39, 0.29) is 0 Å². The van der Waals surface area contributed by atoms with Crippen LogP contribution in [0.5, 0.6) is 0 Å². The maximum Gasteiger partial charge on any atom is 0.343 e. The molecule has 82 valence electrons. The van der Waals surface area contributed by atoms with Crippen LogP contribution in [0.25, 0.3) is 0 Å². The molecule has 3 nitrogen and oxygen atoms in total. The van der Waals surface area contributed by atoms with Crippen LogP contribution in [-0.4, -0.2) is 18.3 Å². The van der Waals surface area contributed by atoms with Gasteiger partial charge in [-0.05, 0) is 12.1 Å². The quantitative estimate of drug-likeness (QED) is 0.740. The lowest BCUT2D eigenvalue weighted by Crippen LogP contribution is -2.05. The number of carbonyl (C=O) groups excluding carboxylic acids is 1. The number of rotatable bonds is 4. The van der Waals surface area contributed by atoms with Gasteiger partial charge in [-0.1, -0.05) is 32.0 Å². The van der Waals surface area contributed by atoms with E-state index in [4.69, 9.17) is 4.52 Å². The minimum absolute atomic E-state index is 0.391. The smallest absolute Gasteiger partial charge is 0.343 e. The molecule has 4 heteroatoms. The van der Waals surface area contributed by atoms with Gasteiger partial charge in [0.05, 0.1) is 5.56 Å². The largest absolute Gasteiger partial charge is 0.408 e. The van der Waals surface area contributed by atoms with Gasteiger partial charge in [0.2, 0.25) is 0 Å². The second kappa shape index (κ2) is 5.13. The van der Waals surface area contributed by atoms with Crippen molar-refractivity contribution in [3.05, 3.63) is 35.9 Å². The average molecular weight is 226 g/mol. The van der Waals surface area contributed by atoms with Crippen LogP contribution < -0.4 is 0 Å². The third kappa shape index (κ3) is 3.21. The number of hydrogen-bond donors (Lipinski definition) is 0. The summed E-state index contributed by atoms with van der Waals surface area (Å²) in [5.74, 6) is -0.498. The first-order valence-electron chi connectivity index (χ1n) is 4.98. The Morgan fingerprint density at radius 3 is 2.20 bits per heavy atom. The summed E-state index contributed by atoms with van der Waals surface area (Å²) in [7, 11) is -2.75. The Hall–Kier alpha value is -1.08. The van der Waals surface area contributed by atoms with Crippen molar-refractivity contribution in [2.24, 2.45) is 0 Å². The molecule has 1 rings (SSSR count). The molecular formula is C11H15O3P. The molecule has 1 aromatic carbocycles. The maximum absolute atomic E-state index is 11.9. The molecule has 0 aliphatic carbocycles. The molecule has 0 bridgehead atoms. The van der Waals surface area contributed by atoms with Crippen molar-refractivity contribution in [3.63, 3.8) is 0 Å². The normalized spacial score (nSPS) is 11.1. The van der Waals surface area contributed by atoms with Crippen molar-refractivity contribution in [1.82, 2.24) is 0 Å². The Morgan fingerprint density at radius 2 is 1.73 bits per heavy atom. The van der Waals surface area contributed by atoms with Crippen LogP contribution in [-0.2, 0) is 9.09 Å². The number of carbonyl (C=O) groups is 1. The van der Waals surface area contributed by atoms with Crippen LogP contribution in [0.15, 0.2) is 30.3 Å². The van der Waals surface area contributed by atoms with Gasteiger partial charge in [-0.3, -0.25) is 4.57 Å². The van der Waals surface area contributed by atoms with Crippen molar-refractivity contribution in [2.75, 3.05) is 12.3 Å². The molecule has 1 aromatic rings. The highest BCUT2D eigenvalue weighted by molar-refractivity contribution is 7.59. The van der Waals surface area contributed by atoms with Crippen LogP contribution in [0.4, 0.5) is 0 Å². The zero-order valence-corrected chi connectivity index (χ0v) is 9.87. The van der Waals surface area contributed by atoms with Gasteiger partial charge in [-0.25, -0.2) is 4.79 Å². The van der Waals surface area contributed by atoms with E-state index in [0.717, 1.165) is 0 Å². The van der Waals surface area contributed by atoms with E-state index in [1.807, 2.05) is 6.07 Å². The molecule has 0 N–H and O–H groups in total. The molecule has 0 fully saturated rings. The fourth-order valence-electron chi connectivity index (χ4n) is 1.13. The molecule has 0 atom stereocenters. The Labute approximate surface area is 89.9 Å². The predicted octanol–water partition coefficient (Wildman–Crippen LogP) is 3.16. The minimum Gasteiger partial charge on any atom is -0.408 e. The van der Waals surface area contributed by atoms with Crippen LogP contribution in [0, 0.1) is 0 Å². The zero-order valence-electron chi connectivity index (χ0n) is 8.97. The summed E-state index contributed by atoms with van der Waals surface area (Å²) in [6.45, 7) is 3.53. The average Bonchev–Trinajstić information content (AvgIpc) is 2.30. The highest BCUT2D eigenvalue weighted by Gasteiger charge is 2.22. The Kier molecular flexibility index (Phi) is 4.10. The highest BCUT2D eigenvalue weighted by atomic mass is 31.2. The van der Waals surface area contributed by atoms with Crippen LogP contribution in [0.3, 0.4) is 0 Å². The zero-order chi connectivity index (χ0) is 11.3. The van der Waals surface area contributed by atoms with Crippen molar-refractivity contribution < 1.29 is 13.9 Å². The van der Waals surface area contributed by atoms with Gasteiger partial charge in [-0.15, -0.1) is 0 Å². The fourth-order valence-corrected chi connectivity index (χ4v) is 2.24. The van der Waals surface area contributed by atoms with Crippen molar-refractivity contribution in [2.45, 2.75) is 13.8 Å². The lowest BCUT2D eigenvalue weighted by Gasteiger charge is -2.14. The molecule has 0 aromatic heterocycles. The number of hydrogen-bond acceptors (Lipinski definition) is 3. The summed E-state index contributed by atoms with van der Waals surface area (Å²) in [6.07, 6.45) is 0.782. The van der Waals surface area contributed by atoms with E-state index < -0.39 is 13.3 Å². The third-order valence-electron chi connectivity index (χ3n) is 2.22. The lowest BCUT2D eigenvalue weighted by molar-refractivity contribution is 0.0741. The van der Waals surface area contributed by atoms with E-state index >= 15 is 0 Å². The predicted molar refractivity (Wildman–Crippen MR) is 60.5 cm³/mol. The van der Waals surface area contributed by atoms with Crippen LogP contribution in [0.2, 0.25) is 0 Å². The molecule has 0 aliphatic heterocycles. The summed E-state index contributed by atoms with van der Waals surface area (Å²) >= 11 is 0. The van der Waals surface area contributed by atoms with Crippen LogP contribution >= 0.6 is 7.37 Å². The van der Waals surface area contributed by atoms with E-state index in [1.54, 1.807) is 38.1 Å². The second-order valence-corrected chi connectivity index (χ2v) is 6.27. The molecule has 0 saturated carbocycles. The summed E-state index contributed by atoms with van der Waals surface area (Å²) in [4.78, 5) is 11.6. The standard InChI is InChI=1S/C11H15O3P/c1-3-15(13,4-2)14-11(12)10-8-6-5-7-9-10/h5-9H,3-4H2,1-2H3. The number of benzene rings is 1. The summed E-state index contributed by atoms with van der Waals surface area (Å²) in [6, 6.07) is 8.62. The Morgan fingerprint density at radius 1 is 1.20 bits per heavy atom. The van der Waals surface area contributed by atoms with Crippen molar-refractivity contribution in [3.8, 4) is 0 Å². The monoisotopic (exact) mass is 226 g/mol. The second-order valence-electron chi connectivity index (χ2n) is 3.19. The van der Waals surface area contributed by atoms with Gasteiger partial charge in [-0.2, -0.15) is 0 Å². The van der Waals surface area contributed by atoms with E-state index in [9.17, 15) is 9.36 Å². The van der Waals surface area contributed by atoms with Gasteiger partial charge >= 0.3 is 5.97 Å². The maximum atomic E-state index is 11.9. The molecule has 0 aliphatic rings. The van der Waals surface area contributed by atoms with Crippen molar-refractivity contribution >= 4 is 13.3 Å². The first-order chi connectivity index (χ1) is 7.11. The summed E-state index contributed by atoms with van der Waals surface area (Å²) < 4.78 is 16.9. The molecule has 0 amide bonds. The van der Waals surface area contributed by atoms with Crippen LogP contribution in [0.1, 0.15) is 24.2 Å². The molecule has 0 heterocycles. The first-order valence-corrected chi connectivity index (χ1v) is 6.98. The fraction of sp³-hybridized carbons (Fsp3) is 0.364. The van der Waals surface area contributed by atoms with Crippen molar-refractivity contribution in [1.29, 1.82) is 0 Å². The Balaban J connectivity index is 2.76. The third-order valence-corrected chi connectivity index (χ3v) is 4.65. The van der Waals surface area contributed by atoms with Gasteiger partial charge in [0, 0.05) is 12.3 Å². The molecule has 0 spiro atoms. The molecule has 0 radical (unpaired) electrons. The van der Waals surface area contributed by atoms with Gasteiger partial charge in [0.15, 0.2) is 0 Å². The SMILES string of the molecule is CCP(=O)(CC)OC(=O)c1ccccc1. The Bertz CT molecular complexity index is 365. The minimum atomic E-state index is -2.75. The first kappa shape index (κ1) is 12.0. The summed E-state index contributed by atoms with van der Waals surface area (Å²) in [5.41, 5.74) is 0.444. The van der Waals surface area contributed by atoms with Gasteiger partial charge in [0.1, 0.15) is 0 Å². The molecule has 0 unspecified atom stereocenters. The highest BCUT2D eigenvalue weighted by Crippen LogP contribution is 2.46. The van der Waals surface area contributed by atoms with E-state index in [0.29, 0.717) is 17.9 Å². The molecule has 0 saturated heterocycles. The lowest BCUT2D eigenvalue weighted by atomic mass is 10.2. The molecule has 15 heavy (non-hydrogen) atoms. The van der Waals surface area contributed by atoms with E-state index in [1.165, 1.54) is 0 Å². The van der Waals surface area contributed by atoms with Gasteiger partial charge in [0.25, 0.3) is 7.37 Å². The summed E-state index contributed by atoms with van der Waals surface area (Å²) in [5, 5.41) is 0. The van der Waals surface area contributed by atoms with E-state index in [2.05, 4.69) is 0 Å². The topological polar surface area (TPSA) is 43.4 Å². The van der Waals surface area contributed by atoms with Gasteiger partial charge < -0.3 is 4.52 Å². The molecular weight excluding hydrogens is 211 g/mol.